The molecule has 28 heavy (non-hydrogen) atoms. The minimum Gasteiger partial charge on any atom is -0.444 e. The van der Waals surface area contributed by atoms with Gasteiger partial charge in [0.2, 0.25) is 0 Å². The molecular formula is C21H24N4O2S. The molecule has 3 aromatic rings. The summed E-state index contributed by atoms with van der Waals surface area (Å²) in [7, 11) is 0. The summed E-state index contributed by atoms with van der Waals surface area (Å²) < 4.78 is 7.41. The second kappa shape index (κ2) is 7.39. The third kappa shape index (κ3) is 3.94. The number of benzene rings is 1. The molecule has 0 radical (unpaired) electrons. The highest BCUT2D eigenvalue weighted by atomic mass is 32.1. The maximum atomic E-state index is 12.8. The van der Waals surface area contributed by atoms with E-state index in [1.165, 1.54) is 16.0 Å². The Labute approximate surface area is 168 Å². The molecule has 2 aromatic heterocycles. The summed E-state index contributed by atoms with van der Waals surface area (Å²) in [4.78, 5) is 16.0. The van der Waals surface area contributed by atoms with E-state index < -0.39 is 5.60 Å². The van der Waals surface area contributed by atoms with Gasteiger partial charge in [-0.2, -0.15) is 0 Å². The molecule has 0 aliphatic carbocycles. The smallest absolute Gasteiger partial charge is 0.410 e. The molecule has 6 nitrogen and oxygen atoms in total. The minimum absolute atomic E-state index is 0.00387. The van der Waals surface area contributed by atoms with E-state index in [1.54, 1.807) is 22.2 Å². The molecule has 0 saturated carbocycles. The van der Waals surface area contributed by atoms with E-state index in [0.29, 0.717) is 6.54 Å². The van der Waals surface area contributed by atoms with Gasteiger partial charge in [0, 0.05) is 11.4 Å². The SMILES string of the molecule is CC(C)(C)OC(=O)N1CCc2ccsc2C1Cc1ccc(-n2ccnn2)cc1. The Morgan fingerprint density at radius 1 is 1.25 bits per heavy atom. The number of carbonyl (C=O) groups is 1. The van der Waals surface area contributed by atoms with Crippen molar-refractivity contribution in [3.63, 3.8) is 0 Å². The van der Waals surface area contributed by atoms with Crippen molar-refractivity contribution in [3.05, 3.63) is 64.1 Å². The summed E-state index contributed by atoms with van der Waals surface area (Å²) in [6, 6.07) is 10.4. The number of fused-ring (bicyclic) bond motifs is 1. The van der Waals surface area contributed by atoms with Gasteiger partial charge in [-0.25, -0.2) is 9.48 Å². The van der Waals surface area contributed by atoms with E-state index in [4.69, 9.17) is 4.74 Å². The fraction of sp³-hybridized carbons (Fsp3) is 0.381. The van der Waals surface area contributed by atoms with Crippen molar-refractivity contribution in [2.24, 2.45) is 0 Å². The largest absolute Gasteiger partial charge is 0.444 e. The van der Waals surface area contributed by atoms with E-state index in [0.717, 1.165) is 18.5 Å². The van der Waals surface area contributed by atoms with Crippen LogP contribution in [0.3, 0.4) is 0 Å². The van der Waals surface area contributed by atoms with Crippen LogP contribution in [0, 0.1) is 0 Å². The first-order chi connectivity index (χ1) is 13.4. The van der Waals surface area contributed by atoms with E-state index in [1.807, 2.05) is 44.0 Å². The Hall–Kier alpha value is -2.67. The van der Waals surface area contributed by atoms with Gasteiger partial charge >= 0.3 is 6.09 Å². The van der Waals surface area contributed by atoms with Gasteiger partial charge in [0.05, 0.1) is 24.1 Å². The van der Waals surface area contributed by atoms with E-state index >= 15 is 0 Å². The van der Waals surface area contributed by atoms with Crippen LogP contribution >= 0.6 is 11.3 Å². The lowest BCUT2D eigenvalue weighted by Gasteiger charge is -2.36. The predicted octanol–water partition coefficient (Wildman–Crippen LogP) is 4.41. The normalized spacial score (nSPS) is 16.7. The topological polar surface area (TPSA) is 60.2 Å². The van der Waals surface area contributed by atoms with Gasteiger partial charge in [0.1, 0.15) is 5.60 Å². The third-order valence-electron chi connectivity index (χ3n) is 4.76. The Morgan fingerprint density at radius 2 is 2.04 bits per heavy atom. The van der Waals surface area contributed by atoms with E-state index in [-0.39, 0.29) is 12.1 Å². The van der Waals surface area contributed by atoms with E-state index in [2.05, 4.69) is 33.9 Å². The summed E-state index contributed by atoms with van der Waals surface area (Å²) in [6.07, 6.45) is 4.87. The maximum Gasteiger partial charge on any atom is 0.410 e. The zero-order valence-electron chi connectivity index (χ0n) is 16.3. The summed E-state index contributed by atoms with van der Waals surface area (Å²) in [5, 5.41) is 9.99. The van der Waals surface area contributed by atoms with Crippen molar-refractivity contribution in [3.8, 4) is 5.69 Å². The summed E-state index contributed by atoms with van der Waals surface area (Å²) in [5.74, 6) is 0. The van der Waals surface area contributed by atoms with Gasteiger partial charge in [-0.3, -0.25) is 4.90 Å². The molecule has 1 aliphatic rings. The molecule has 0 bridgehead atoms. The van der Waals surface area contributed by atoms with Crippen molar-refractivity contribution >= 4 is 17.4 Å². The highest BCUT2D eigenvalue weighted by molar-refractivity contribution is 7.10. The van der Waals surface area contributed by atoms with Crippen LogP contribution in [-0.4, -0.2) is 38.1 Å². The predicted molar refractivity (Wildman–Crippen MR) is 109 cm³/mol. The number of aromatic nitrogens is 3. The number of nitrogens with zero attached hydrogens (tertiary/aromatic N) is 4. The highest BCUT2D eigenvalue weighted by Crippen LogP contribution is 2.37. The maximum absolute atomic E-state index is 12.8. The van der Waals surface area contributed by atoms with Crippen LogP contribution in [0.1, 0.15) is 42.8 Å². The Balaban J connectivity index is 1.58. The number of ether oxygens (including phenoxy) is 1. The van der Waals surface area contributed by atoms with Gasteiger partial charge in [0.15, 0.2) is 0 Å². The fourth-order valence-corrected chi connectivity index (χ4v) is 4.55. The average molecular weight is 397 g/mol. The number of hydrogen-bond acceptors (Lipinski definition) is 5. The van der Waals surface area contributed by atoms with Gasteiger partial charge in [0.25, 0.3) is 0 Å². The Bertz CT molecular complexity index is 942. The Kier molecular flexibility index (Phi) is 4.93. The van der Waals surface area contributed by atoms with Crippen molar-refractivity contribution < 1.29 is 9.53 Å². The van der Waals surface area contributed by atoms with E-state index in [9.17, 15) is 4.79 Å². The monoisotopic (exact) mass is 396 g/mol. The molecule has 0 fully saturated rings. The van der Waals surface area contributed by atoms with Crippen molar-refractivity contribution in [2.75, 3.05) is 6.54 Å². The summed E-state index contributed by atoms with van der Waals surface area (Å²) in [5.41, 5.74) is 2.97. The summed E-state index contributed by atoms with van der Waals surface area (Å²) >= 11 is 1.72. The summed E-state index contributed by atoms with van der Waals surface area (Å²) in [6.45, 7) is 6.40. The molecule has 1 aliphatic heterocycles. The van der Waals surface area contributed by atoms with Gasteiger partial charge in [-0.1, -0.05) is 17.3 Å². The molecule has 1 aromatic carbocycles. The molecule has 0 N–H and O–H groups in total. The van der Waals surface area contributed by atoms with Crippen LogP contribution in [0.2, 0.25) is 0 Å². The van der Waals surface area contributed by atoms with Crippen LogP contribution in [0.25, 0.3) is 5.69 Å². The van der Waals surface area contributed by atoms with Crippen molar-refractivity contribution in [1.82, 2.24) is 19.9 Å². The zero-order valence-corrected chi connectivity index (χ0v) is 17.1. The Morgan fingerprint density at radius 3 is 2.71 bits per heavy atom. The molecule has 0 saturated heterocycles. The van der Waals surface area contributed by atoms with Gasteiger partial charge < -0.3 is 4.74 Å². The van der Waals surface area contributed by atoms with Crippen LogP contribution in [0.4, 0.5) is 4.79 Å². The van der Waals surface area contributed by atoms with Crippen LogP contribution in [0.15, 0.2) is 48.1 Å². The second-order valence-corrected chi connectivity index (χ2v) is 8.92. The first-order valence-electron chi connectivity index (χ1n) is 9.42. The zero-order chi connectivity index (χ0) is 19.7. The molecule has 0 spiro atoms. The number of carbonyl (C=O) groups excluding carboxylic acids is 1. The lowest BCUT2D eigenvalue weighted by molar-refractivity contribution is 0.0146. The standard InChI is InChI=1S/C21H24N4O2S/c1-21(2,3)27-20(26)24-11-8-16-9-13-28-19(16)18(24)14-15-4-6-17(7-5-15)25-12-10-22-23-25/h4-7,9-10,12-13,18H,8,11,14H2,1-3H3. The number of amides is 1. The molecule has 7 heteroatoms. The van der Waals surface area contributed by atoms with Gasteiger partial charge in [-0.05, 0) is 68.3 Å². The second-order valence-electron chi connectivity index (χ2n) is 7.97. The number of thiophene rings is 1. The van der Waals surface area contributed by atoms with Gasteiger partial charge in [-0.15, -0.1) is 16.4 Å². The average Bonchev–Trinajstić information content (AvgIpc) is 3.33. The molecular weight excluding hydrogens is 372 g/mol. The van der Waals surface area contributed by atoms with Crippen LogP contribution in [-0.2, 0) is 17.6 Å². The molecule has 1 atom stereocenters. The fourth-order valence-electron chi connectivity index (χ4n) is 3.48. The molecule has 1 amide bonds. The lowest BCUT2D eigenvalue weighted by atomic mass is 9.96. The first kappa shape index (κ1) is 18.7. The highest BCUT2D eigenvalue weighted by Gasteiger charge is 2.34. The number of rotatable bonds is 3. The van der Waals surface area contributed by atoms with Crippen molar-refractivity contribution in [2.45, 2.75) is 45.3 Å². The molecule has 146 valence electrons. The molecule has 1 unspecified atom stereocenters. The lowest BCUT2D eigenvalue weighted by Crippen LogP contribution is -2.43. The minimum atomic E-state index is -0.503. The van der Waals surface area contributed by atoms with Crippen molar-refractivity contribution in [1.29, 1.82) is 0 Å². The molecule has 4 rings (SSSR count). The number of hydrogen-bond donors (Lipinski definition) is 0. The first-order valence-corrected chi connectivity index (χ1v) is 10.3. The van der Waals surface area contributed by atoms with Crippen LogP contribution < -0.4 is 0 Å². The quantitative estimate of drug-likeness (QED) is 0.658. The molecule has 3 heterocycles. The third-order valence-corrected chi connectivity index (χ3v) is 5.82. The van der Waals surface area contributed by atoms with Crippen LogP contribution in [0.5, 0.6) is 0 Å².